The third-order valence-corrected chi connectivity index (χ3v) is 3.17. The fourth-order valence-electron chi connectivity index (χ4n) is 2.03. The molecule has 1 aromatic carbocycles. The lowest BCUT2D eigenvalue weighted by atomic mass is 9.99. The highest BCUT2D eigenvalue weighted by Gasteiger charge is 2.25. The van der Waals surface area contributed by atoms with Gasteiger partial charge in [0.1, 0.15) is 5.82 Å². The number of carbonyl (C=O) groups is 1. The summed E-state index contributed by atoms with van der Waals surface area (Å²) in [5, 5.41) is 17.4. The second-order valence-corrected chi connectivity index (χ2v) is 4.68. The van der Waals surface area contributed by atoms with E-state index in [0.717, 1.165) is 12.3 Å². The highest BCUT2D eigenvalue weighted by atomic mass is 19.1. The number of carbonyl (C=O) groups excluding carboxylic acids is 1. The van der Waals surface area contributed by atoms with Gasteiger partial charge in [-0.05, 0) is 24.3 Å². The molecule has 0 amide bonds. The van der Waals surface area contributed by atoms with Crippen molar-refractivity contribution < 1.29 is 9.18 Å². The van der Waals surface area contributed by atoms with Gasteiger partial charge in [-0.2, -0.15) is 15.2 Å². The normalized spacial score (nSPS) is 11.7. The number of ketones is 1. The zero-order valence-electron chi connectivity index (χ0n) is 11.8. The summed E-state index contributed by atoms with van der Waals surface area (Å²) in [4.78, 5) is 17.5. The Bertz CT molecular complexity index is 867. The van der Waals surface area contributed by atoms with E-state index in [1.54, 1.807) is 12.1 Å². The molecule has 0 aliphatic heterocycles. The van der Waals surface area contributed by atoms with Crippen LogP contribution in [0.3, 0.4) is 0 Å². The maximum Gasteiger partial charge on any atom is 0.207 e. The Labute approximate surface area is 130 Å². The molecule has 6 nitrogen and oxygen atoms in total. The van der Waals surface area contributed by atoms with E-state index in [0.29, 0.717) is 5.69 Å². The van der Waals surface area contributed by atoms with Crippen molar-refractivity contribution in [1.29, 1.82) is 5.26 Å². The summed E-state index contributed by atoms with van der Waals surface area (Å²) in [7, 11) is 0. The number of rotatable bonds is 4. The lowest BCUT2D eigenvalue weighted by Crippen LogP contribution is -2.14. The first kappa shape index (κ1) is 14.5. The zero-order valence-corrected chi connectivity index (χ0v) is 11.8. The second kappa shape index (κ2) is 6.15. The van der Waals surface area contributed by atoms with Crippen LogP contribution < -0.4 is 0 Å². The summed E-state index contributed by atoms with van der Waals surface area (Å²) in [6.07, 6.45) is 2.26. The quantitative estimate of drug-likeness (QED) is 0.690. The number of pyridine rings is 1. The Balaban J connectivity index is 1.89. The van der Waals surface area contributed by atoms with Crippen molar-refractivity contribution in [2.45, 2.75) is 5.92 Å². The smallest absolute Gasteiger partial charge is 0.207 e. The van der Waals surface area contributed by atoms with E-state index < -0.39 is 17.5 Å². The molecule has 112 valence electrons. The van der Waals surface area contributed by atoms with Gasteiger partial charge in [0, 0.05) is 0 Å². The second-order valence-electron chi connectivity index (χ2n) is 4.68. The lowest BCUT2D eigenvalue weighted by molar-refractivity contribution is 0.0972. The minimum absolute atomic E-state index is 0.0477. The highest BCUT2D eigenvalue weighted by Crippen LogP contribution is 2.18. The minimum atomic E-state index is -1.16. The fraction of sp³-hybridized carbons (Fsp3) is 0.0625. The molecule has 0 aliphatic carbocycles. The summed E-state index contributed by atoms with van der Waals surface area (Å²) in [5.74, 6) is -2.22. The maximum atomic E-state index is 12.9. The summed E-state index contributed by atoms with van der Waals surface area (Å²) in [5.41, 5.74) is 0.916. The molecule has 2 aromatic heterocycles. The lowest BCUT2D eigenvalue weighted by Gasteiger charge is -2.05. The van der Waals surface area contributed by atoms with E-state index >= 15 is 0 Å². The molecular formula is C16H10FN5O. The summed E-state index contributed by atoms with van der Waals surface area (Å²) in [6, 6.07) is 13.4. The number of para-hydroxylation sites is 1. The first-order valence-electron chi connectivity index (χ1n) is 6.72. The third kappa shape index (κ3) is 2.96. The number of nitrogens with zero attached hydrogens (tertiary/aromatic N) is 5. The molecule has 3 aromatic rings. The first-order valence-corrected chi connectivity index (χ1v) is 6.72. The molecule has 0 unspecified atom stereocenters. The SMILES string of the molecule is N#C[C@@H](C(=O)c1cnn(-c2ccccc2)n1)c1ccc(F)cn1. The van der Waals surface area contributed by atoms with Gasteiger partial charge < -0.3 is 0 Å². The van der Waals surface area contributed by atoms with E-state index in [-0.39, 0.29) is 11.4 Å². The Hall–Kier alpha value is -3.40. The van der Waals surface area contributed by atoms with E-state index in [9.17, 15) is 14.4 Å². The van der Waals surface area contributed by atoms with Crippen molar-refractivity contribution in [2.24, 2.45) is 0 Å². The molecule has 0 spiro atoms. The zero-order chi connectivity index (χ0) is 16.2. The number of benzene rings is 1. The standard InChI is InChI=1S/C16H10FN5O/c17-11-6-7-14(19-9-11)13(8-18)16(23)15-10-20-22(21-15)12-4-2-1-3-5-12/h1-7,9-10,13H/t13-/m1/s1. The molecule has 23 heavy (non-hydrogen) atoms. The molecule has 7 heteroatoms. The Kier molecular flexibility index (Phi) is 3.89. The van der Waals surface area contributed by atoms with Crippen LogP contribution in [0.2, 0.25) is 0 Å². The van der Waals surface area contributed by atoms with Gasteiger partial charge >= 0.3 is 0 Å². The van der Waals surface area contributed by atoms with Gasteiger partial charge in [-0.1, -0.05) is 18.2 Å². The van der Waals surface area contributed by atoms with Gasteiger partial charge in [-0.25, -0.2) is 4.39 Å². The first-order chi connectivity index (χ1) is 11.2. The van der Waals surface area contributed by atoms with Crippen molar-refractivity contribution in [2.75, 3.05) is 0 Å². The number of halogens is 1. The molecule has 0 radical (unpaired) electrons. The Morgan fingerprint density at radius 1 is 1.17 bits per heavy atom. The largest absolute Gasteiger partial charge is 0.290 e. The van der Waals surface area contributed by atoms with Gasteiger partial charge in [0.05, 0.1) is 29.8 Å². The van der Waals surface area contributed by atoms with Crippen LogP contribution in [0, 0.1) is 17.1 Å². The predicted molar refractivity (Wildman–Crippen MR) is 78.2 cm³/mol. The van der Waals surface area contributed by atoms with Crippen LogP contribution >= 0.6 is 0 Å². The van der Waals surface area contributed by atoms with E-state index in [4.69, 9.17) is 0 Å². The van der Waals surface area contributed by atoms with Gasteiger partial charge in [0.25, 0.3) is 0 Å². The average Bonchev–Trinajstić information content (AvgIpc) is 3.08. The van der Waals surface area contributed by atoms with Crippen LogP contribution in [0.25, 0.3) is 5.69 Å². The molecule has 0 N–H and O–H groups in total. The topological polar surface area (TPSA) is 84.5 Å². The van der Waals surface area contributed by atoms with E-state index in [1.165, 1.54) is 17.1 Å². The van der Waals surface area contributed by atoms with E-state index in [2.05, 4.69) is 15.2 Å². The Morgan fingerprint density at radius 3 is 2.61 bits per heavy atom. The van der Waals surface area contributed by atoms with Crippen LogP contribution in [0.15, 0.2) is 54.9 Å². The van der Waals surface area contributed by atoms with Crippen LogP contribution in [-0.4, -0.2) is 25.8 Å². The minimum Gasteiger partial charge on any atom is -0.290 e. The van der Waals surface area contributed by atoms with Crippen molar-refractivity contribution in [3.63, 3.8) is 0 Å². The summed E-state index contributed by atoms with van der Waals surface area (Å²) < 4.78 is 12.9. The Morgan fingerprint density at radius 2 is 1.96 bits per heavy atom. The van der Waals surface area contributed by atoms with Gasteiger partial charge in [-0.15, -0.1) is 5.10 Å². The molecule has 3 rings (SSSR count). The fourth-order valence-corrected chi connectivity index (χ4v) is 2.03. The molecule has 0 saturated carbocycles. The van der Waals surface area contributed by atoms with Gasteiger partial charge in [0.15, 0.2) is 11.6 Å². The monoisotopic (exact) mass is 307 g/mol. The van der Waals surface area contributed by atoms with Crippen molar-refractivity contribution in [3.05, 3.63) is 72.1 Å². The molecule has 0 saturated heterocycles. The molecule has 0 fully saturated rings. The molecule has 0 aliphatic rings. The van der Waals surface area contributed by atoms with Crippen molar-refractivity contribution >= 4 is 5.78 Å². The van der Waals surface area contributed by atoms with Crippen molar-refractivity contribution in [3.8, 4) is 11.8 Å². The molecular weight excluding hydrogens is 297 g/mol. The average molecular weight is 307 g/mol. The van der Waals surface area contributed by atoms with Gasteiger partial charge in [0.2, 0.25) is 5.78 Å². The molecule has 1 atom stereocenters. The molecule has 2 heterocycles. The van der Waals surface area contributed by atoms with Crippen LogP contribution in [0.5, 0.6) is 0 Å². The number of nitriles is 1. The number of hydrogen-bond donors (Lipinski definition) is 0. The third-order valence-electron chi connectivity index (χ3n) is 3.17. The van der Waals surface area contributed by atoms with E-state index in [1.807, 2.05) is 24.3 Å². The van der Waals surface area contributed by atoms with Gasteiger partial charge in [-0.3, -0.25) is 9.78 Å². The predicted octanol–water partition coefficient (Wildman–Crippen LogP) is 2.29. The van der Waals surface area contributed by atoms with Crippen molar-refractivity contribution in [1.82, 2.24) is 20.0 Å². The maximum absolute atomic E-state index is 12.9. The number of Topliss-reactive ketones (excluding diaryl/α,β-unsaturated/α-hetero) is 1. The highest BCUT2D eigenvalue weighted by molar-refractivity contribution is 6.00. The summed E-state index contributed by atoms with van der Waals surface area (Å²) in [6.45, 7) is 0. The van der Waals surface area contributed by atoms with Crippen LogP contribution in [-0.2, 0) is 0 Å². The summed E-state index contributed by atoms with van der Waals surface area (Å²) >= 11 is 0. The molecule has 0 bridgehead atoms. The number of aromatic nitrogens is 4. The van der Waals surface area contributed by atoms with Crippen LogP contribution in [0.1, 0.15) is 22.1 Å². The van der Waals surface area contributed by atoms with Crippen LogP contribution in [0.4, 0.5) is 4.39 Å². The number of hydrogen-bond acceptors (Lipinski definition) is 5.